The topological polar surface area (TPSA) is 72.4 Å². The minimum absolute atomic E-state index is 0.00840. The minimum Gasteiger partial charge on any atom is -0.440 e. The standard InChI is InChI=1S/C22H25N3O3/c1-14-12-20(28-24-14)18-8-5-11-25(18)22(26)16-9-10-17-19(13-16)27-21(23-17)15-6-3-2-4-7-15/h9-10,12-13,15,18H,2-8,11H2,1H3/t18-/m0/s1. The number of nitrogens with zero attached hydrogens (tertiary/aromatic N) is 3. The first-order chi connectivity index (χ1) is 13.7. The average molecular weight is 379 g/mol. The maximum absolute atomic E-state index is 13.2. The number of fused-ring (bicyclic) bond motifs is 1. The van der Waals surface area contributed by atoms with Crippen LogP contribution in [0.1, 0.15) is 84.6 Å². The fourth-order valence-electron chi connectivity index (χ4n) is 4.61. The quantitative estimate of drug-likeness (QED) is 0.629. The largest absolute Gasteiger partial charge is 0.440 e. The predicted octanol–water partition coefficient (Wildman–Crippen LogP) is 5.15. The molecule has 1 atom stereocenters. The molecule has 1 amide bonds. The smallest absolute Gasteiger partial charge is 0.254 e. The molecule has 2 aliphatic rings. The molecule has 0 spiro atoms. The molecule has 3 heterocycles. The van der Waals surface area contributed by atoms with E-state index in [0.29, 0.717) is 17.1 Å². The van der Waals surface area contributed by atoms with Gasteiger partial charge in [0.2, 0.25) is 0 Å². The number of hydrogen-bond acceptors (Lipinski definition) is 5. The Bertz CT molecular complexity index is 1000. The van der Waals surface area contributed by atoms with Crippen LogP contribution in [0.15, 0.2) is 33.2 Å². The van der Waals surface area contributed by atoms with Gasteiger partial charge in [0.05, 0.1) is 11.7 Å². The van der Waals surface area contributed by atoms with E-state index < -0.39 is 0 Å². The highest BCUT2D eigenvalue weighted by molar-refractivity contribution is 5.97. The molecule has 0 bridgehead atoms. The summed E-state index contributed by atoms with van der Waals surface area (Å²) in [4.78, 5) is 19.8. The molecular weight excluding hydrogens is 354 g/mol. The monoisotopic (exact) mass is 379 g/mol. The molecule has 5 rings (SSSR count). The van der Waals surface area contributed by atoms with Gasteiger partial charge in [0.15, 0.2) is 17.2 Å². The summed E-state index contributed by atoms with van der Waals surface area (Å²) >= 11 is 0. The Morgan fingerprint density at radius 2 is 1.96 bits per heavy atom. The van der Waals surface area contributed by atoms with E-state index in [-0.39, 0.29) is 11.9 Å². The first kappa shape index (κ1) is 17.5. The van der Waals surface area contributed by atoms with Crippen LogP contribution in [0.25, 0.3) is 11.1 Å². The zero-order valence-electron chi connectivity index (χ0n) is 16.2. The number of aromatic nitrogens is 2. The van der Waals surface area contributed by atoms with E-state index >= 15 is 0 Å². The van der Waals surface area contributed by atoms with Crippen molar-refractivity contribution in [2.45, 2.75) is 63.8 Å². The summed E-state index contributed by atoms with van der Waals surface area (Å²) in [6.07, 6.45) is 7.94. The Balaban J connectivity index is 1.41. The lowest BCUT2D eigenvalue weighted by atomic mass is 9.89. The van der Waals surface area contributed by atoms with E-state index in [2.05, 4.69) is 10.1 Å². The number of hydrogen-bond donors (Lipinski definition) is 0. The number of likely N-dealkylation sites (tertiary alicyclic amines) is 1. The van der Waals surface area contributed by atoms with Crippen LogP contribution in [0.3, 0.4) is 0 Å². The number of amides is 1. The van der Waals surface area contributed by atoms with Crippen molar-refractivity contribution in [3.8, 4) is 0 Å². The van der Waals surface area contributed by atoms with Crippen molar-refractivity contribution in [2.24, 2.45) is 0 Å². The van der Waals surface area contributed by atoms with Gasteiger partial charge in [-0.3, -0.25) is 4.79 Å². The Kier molecular flexibility index (Phi) is 4.41. The molecule has 1 saturated carbocycles. The molecule has 6 heteroatoms. The van der Waals surface area contributed by atoms with Crippen molar-refractivity contribution in [3.05, 3.63) is 47.2 Å². The van der Waals surface area contributed by atoms with Crippen LogP contribution >= 0.6 is 0 Å². The van der Waals surface area contributed by atoms with Crippen molar-refractivity contribution in [3.63, 3.8) is 0 Å². The van der Waals surface area contributed by atoms with Crippen LogP contribution in [0.4, 0.5) is 0 Å². The molecule has 0 radical (unpaired) electrons. The first-order valence-corrected chi connectivity index (χ1v) is 10.3. The highest BCUT2D eigenvalue weighted by atomic mass is 16.5. The second-order valence-electron chi connectivity index (χ2n) is 8.10. The number of carbonyl (C=O) groups excluding carboxylic acids is 1. The van der Waals surface area contributed by atoms with Crippen molar-refractivity contribution >= 4 is 17.0 Å². The van der Waals surface area contributed by atoms with Gasteiger partial charge in [-0.2, -0.15) is 0 Å². The summed E-state index contributed by atoms with van der Waals surface area (Å²) in [6, 6.07) is 7.49. The average Bonchev–Trinajstić information content (AvgIpc) is 3.46. The van der Waals surface area contributed by atoms with Crippen LogP contribution in [0, 0.1) is 6.92 Å². The highest BCUT2D eigenvalue weighted by Gasteiger charge is 2.33. The van der Waals surface area contributed by atoms with Crippen molar-refractivity contribution in [1.82, 2.24) is 15.0 Å². The van der Waals surface area contributed by atoms with E-state index in [1.807, 2.05) is 36.1 Å². The summed E-state index contributed by atoms with van der Waals surface area (Å²) in [5, 5.41) is 3.98. The second kappa shape index (κ2) is 7.08. The fourth-order valence-corrected chi connectivity index (χ4v) is 4.61. The van der Waals surface area contributed by atoms with E-state index in [1.54, 1.807) is 0 Å². The van der Waals surface area contributed by atoms with Crippen LogP contribution in [0.2, 0.25) is 0 Å². The van der Waals surface area contributed by atoms with E-state index in [4.69, 9.17) is 8.94 Å². The number of oxazole rings is 1. The van der Waals surface area contributed by atoms with Gasteiger partial charge in [-0.05, 0) is 50.8 Å². The molecule has 1 aliphatic heterocycles. The minimum atomic E-state index is -0.0445. The Hall–Kier alpha value is -2.63. The zero-order chi connectivity index (χ0) is 19.1. The Morgan fingerprint density at radius 3 is 2.75 bits per heavy atom. The molecule has 3 aromatic rings. The fraction of sp³-hybridized carbons (Fsp3) is 0.500. The van der Waals surface area contributed by atoms with E-state index in [1.165, 1.54) is 19.3 Å². The van der Waals surface area contributed by atoms with Gasteiger partial charge in [-0.15, -0.1) is 0 Å². The summed E-state index contributed by atoms with van der Waals surface area (Å²) in [5.74, 6) is 2.02. The van der Waals surface area contributed by atoms with Crippen LogP contribution in [0.5, 0.6) is 0 Å². The normalized spacial score (nSPS) is 20.9. The zero-order valence-corrected chi connectivity index (χ0v) is 16.2. The van der Waals surface area contributed by atoms with Gasteiger partial charge in [-0.25, -0.2) is 4.98 Å². The number of benzene rings is 1. The predicted molar refractivity (Wildman–Crippen MR) is 104 cm³/mol. The molecule has 2 aromatic heterocycles. The number of rotatable bonds is 3. The lowest BCUT2D eigenvalue weighted by molar-refractivity contribution is 0.0714. The molecule has 1 saturated heterocycles. The molecule has 1 aliphatic carbocycles. The summed E-state index contributed by atoms with van der Waals surface area (Å²) < 4.78 is 11.5. The summed E-state index contributed by atoms with van der Waals surface area (Å²) in [7, 11) is 0. The Morgan fingerprint density at radius 1 is 1.11 bits per heavy atom. The first-order valence-electron chi connectivity index (χ1n) is 10.3. The maximum Gasteiger partial charge on any atom is 0.254 e. The van der Waals surface area contributed by atoms with Crippen molar-refractivity contribution in [2.75, 3.05) is 6.54 Å². The second-order valence-corrected chi connectivity index (χ2v) is 8.10. The molecule has 6 nitrogen and oxygen atoms in total. The third kappa shape index (κ3) is 3.11. The third-order valence-electron chi connectivity index (χ3n) is 6.09. The molecule has 2 fully saturated rings. The number of aryl methyl sites for hydroxylation is 1. The molecule has 28 heavy (non-hydrogen) atoms. The van der Waals surface area contributed by atoms with Crippen LogP contribution < -0.4 is 0 Å². The van der Waals surface area contributed by atoms with E-state index in [9.17, 15) is 4.79 Å². The maximum atomic E-state index is 13.2. The van der Waals surface area contributed by atoms with Crippen molar-refractivity contribution < 1.29 is 13.7 Å². The summed E-state index contributed by atoms with van der Waals surface area (Å²) in [6.45, 7) is 2.63. The molecular formula is C22H25N3O3. The highest BCUT2D eigenvalue weighted by Crippen LogP contribution is 2.35. The number of carbonyl (C=O) groups is 1. The lowest BCUT2D eigenvalue weighted by Crippen LogP contribution is -2.30. The van der Waals surface area contributed by atoms with Gasteiger partial charge >= 0.3 is 0 Å². The van der Waals surface area contributed by atoms with Crippen LogP contribution in [-0.4, -0.2) is 27.5 Å². The third-order valence-corrected chi connectivity index (χ3v) is 6.09. The molecule has 146 valence electrons. The summed E-state index contributed by atoms with van der Waals surface area (Å²) in [5.41, 5.74) is 3.02. The SMILES string of the molecule is Cc1cc([C@@H]2CCCN2C(=O)c2ccc3nc(C4CCCCC4)oc3c2)on1. The van der Waals surface area contributed by atoms with Gasteiger partial charge in [-0.1, -0.05) is 24.4 Å². The molecule has 0 unspecified atom stereocenters. The molecule has 1 aromatic carbocycles. The van der Waals surface area contributed by atoms with Gasteiger partial charge in [0, 0.05) is 24.1 Å². The Labute approximate surface area is 163 Å². The van der Waals surface area contributed by atoms with Gasteiger partial charge < -0.3 is 13.8 Å². The van der Waals surface area contributed by atoms with Crippen LogP contribution in [-0.2, 0) is 0 Å². The van der Waals surface area contributed by atoms with Crippen molar-refractivity contribution in [1.29, 1.82) is 0 Å². The van der Waals surface area contributed by atoms with Gasteiger partial charge in [0.25, 0.3) is 5.91 Å². The molecule has 0 N–H and O–H groups in total. The van der Waals surface area contributed by atoms with Gasteiger partial charge in [0.1, 0.15) is 5.52 Å². The van der Waals surface area contributed by atoms with E-state index in [0.717, 1.165) is 55.1 Å². The lowest BCUT2D eigenvalue weighted by Gasteiger charge is -2.22.